The minimum absolute atomic E-state index is 0.573. The van der Waals surface area contributed by atoms with E-state index in [9.17, 15) is 9.90 Å². The second-order valence-corrected chi connectivity index (χ2v) is 6.91. The van der Waals surface area contributed by atoms with Crippen molar-refractivity contribution in [2.75, 3.05) is 0 Å². The summed E-state index contributed by atoms with van der Waals surface area (Å²) < 4.78 is 0.213. The molecule has 0 aliphatic heterocycles. The highest BCUT2D eigenvalue weighted by molar-refractivity contribution is 9.10. The number of fused-ring (bicyclic) bond motifs is 1. The summed E-state index contributed by atoms with van der Waals surface area (Å²) in [5, 5.41) is 11.3. The number of rotatable bonds is 5. The Hall–Kier alpha value is -1.07. The molecular weight excluding hydrogens is 338 g/mol. The molecule has 0 unspecified atom stereocenters. The van der Waals surface area contributed by atoms with Crippen LogP contribution >= 0.6 is 27.7 Å². The Morgan fingerprint density at radius 3 is 2.60 bits per heavy atom. The summed E-state index contributed by atoms with van der Waals surface area (Å²) in [6, 6.07) is 9.74. The number of benzene rings is 1. The molecule has 0 bridgehead atoms. The molecule has 0 aliphatic carbocycles. The third-order valence-electron chi connectivity index (χ3n) is 3.46. The summed E-state index contributed by atoms with van der Waals surface area (Å²) in [6.45, 7) is 3.81. The van der Waals surface area contributed by atoms with E-state index < -0.39 is 10.7 Å². The van der Waals surface area contributed by atoms with Crippen molar-refractivity contribution in [3.05, 3.63) is 34.8 Å². The van der Waals surface area contributed by atoms with Gasteiger partial charge in [0, 0.05) is 9.86 Å². The van der Waals surface area contributed by atoms with E-state index in [1.807, 2.05) is 44.2 Å². The summed E-state index contributed by atoms with van der Waals surface area (Å²) in [7, 11) is 0. The van der Waals surface area contributed by atoms with E-state index in [-0.39, 0.29) is 0 Å². The minimum Gasteiger partial charge on any atom is -0.480 e. The van der Waals surface area contributed by atoms with Crippen molar-refractivity contribution in [1.82, 2.24) is 4.98 Å². The van der Waals surface area contributed by atoms with E-state index >= 15 is 0 Å². The number of halogens is 1. The molecule has 0 saturated carbocycles. The summed E-state index contributed by atoms with van der Waals surface area (Å²) in [6.07, 6.45) is 1.15. The summed E-state index contributed by atoms with van der Waals surface area (Å²) in [5.74, 6) is -0.773. The molecule has 0 radical (unpaired) electrons. The number of nitrogens with zero attached hydrogens (tertiary/aromatic N) is 1. The molecule has 1 heterocycles. The van der Waals surface area contributed by atoms with Crippen molar-refractivity contribution < 1.29 is 9.90 Å². The number of carboxylic acid groups (broad SMARTS) is 1. The van der Waals surface area contributed by atoms with Crippen LogP contribution < -0.4 is 0 Å². The maximum atomic E-state index is 11.5. The molecule has 0 atom stereocenters. The minimum atomic E-state index is -0.796. The van der Waals surface area contributed by atoms with Crippen molar-refractivity contribution in [3.8, 4) is 0 Å². The van der Waals surface area contributed by atoms with Gasteiger partial charge in [0.2, 0.25) is 0 Å². The Balaban J connectivity index is 2.38. The molecule has 3 nitrogen and oxygen atoms in total. The van der Waals surface area contributed by atoms with Crippen molar-refractivity contribution in [2.45, 2.75) is 36.5 Å². The lowest BCUT2D eigenvalue weighted by Crippen LogP contribution is -2.33. The van der Waals surface area contributed by atoms with Crippen LogP contribution in [0.2, 0.25) is 0 Å². The number of aliphatic carboxylic acids is 1. The number of thioether (sulfide) groups is 1. The zero-order valence-corrected chi connectivity index (χ0v) is 13.8. The smallest absolute Gasteiger partial charge is 0.320 e. The zero-order chi connectivity index (χ0) is 14.8. The van der Waals surface area contributed by atoms with Gasteiger partial charge in [0.25, 0.3) is 0 Å². The van der Waals surface area contributed by atoms with Gasteiger partial charge in [-0.05, 0) is 37.1 Å². The summed E-state index contributed by atoms with van der Waals surface area (Å²) in [5.41, 5.74) is 0.879. The highest BCUT2D eigenvalue weighted by atomic mass is 79.9. The predicted octanol–water partition coefficient (Wildman–Crippen LogP) is 4.73. The number of carboxylic acids is 1. The Morgan fingerprint density at radius 1 is 1.30 bits per heavy atom. The predicted molar refractivity (Wildman–Crippen MR) is 86.2 cm³/mol. The van der Waals surface area contributed by atoms with E-state index in [1.165, 1.54) is 11.8 Å². The lowest BCUT2D eigenvalue weighted by Gasteiger charge is -2.25. The van der Waals surface area contributed by atoms with Gasteiger partial charge in [0.1, 0.15) is 4.75 Å². The van der Waals surface area contributed by atoms with E-state index in [4.69, 9.17) is 0 Å². The van der Waals surface area contributed by atoms with Crippen LogP contribution in [-0.4, -0.2) is 20.8 Å². The molecular formula is C15H16BrNO2S. The quantitative estimate of drug-likeness (QED) is 0.789. The van der Waals surface area contributed by atoms with Gasteiger partial charge in [0.05, 0.1) is 10.5 Å². The van der Waals surface area contributed by atoms with Crippen LogP contribution in [0, 0.1) is 0 Å². The monoisotopic (exact) mass is 353 g/mol. The summed E-state index contributed by atoms with van der Waals surface area (Å²) in [4.78, 5) is 16.1. The number of pyridine rings is 1. The Labute approximate surface area is 130 Å². The van der Waals surface area contributed by atoms with Crippen LogP contribution in [0.1, 0.15) is 26.7 Å². The van der Waals surface area contributed by atoms with Gasteiger partial charge in [-0.1, -0.05) is 47.6 Å². The number of hydrogen-bond donors (Lipinski definition) is 1. The van der Waals surface area contributed by atoms with E-state index in [0.29, 0.717) is 12.8 Å². The van der Waals surface area contributed by atoms with Gasteiger partial charge in [0.15, 0.2) is 0 Å². The van der Waals surface area contributed by atoms with Crippen LogP contribution in [-0.2, 0) is 4.79 Å². The average molecular weight is 354 g/mol. The molecule has 0 amide bonds. The fourth-order valence-electron chi connectivity index (χ4n) is 2.08. The molecule has 0 aliphatic rings. The Bertz CT molecular complexity index is 641. The second-order valence-electron chi connectivity index (χ2n) is 4.60. The van der Waals surface area contributed by atoms with Crippen molar-refractivity contribution in [3.63, 3.8) is 0 Å². The molecule has 0 spiro atoms. The Morgan fingerprint density at radius 2 is 2.00 bits per heavy atom. The fourth-order valence-corrected chi connectivity index (χ4v) is 3.51. The largest absolute Gasteiger partial charge is 0.480 e. The second kappa shape index (κ2) is 6.14. The number of aromatic nitrogens is 1. The van der Waals surface area contributed by atoms with Crippen LogP contribution in [0.5, 0.6) is 0 Å². The first-order valence-corrected chi connectivity index (χ1v) is 8.10. The fraction of sp³-hybridized carbons (Fsp3) is 0.333. The van der Waals surface area contributed by atoms with Gasteiger partial charge in [-0.25, -0.2) is 4.98 Å². The number of hydrogen-bond acceptors (Lipinski definition) is 3. The first kappa shape index (κ1) is 15.3. The van der Waals surface area contributed by atoms with Crippen molar-refractivity contribution in [1.29, 1.82) is 0 Å². The van der Waals surface area contributed by atoms with Crippen molar-refractivity contribution in [2.24, 2.45) is 0 Å². The molecule has 0 fully saturated rings. The molecule has 1 aromatic heterocycles. The van der Waals surface area contributed by atoms with Crippen LogP contribution in [0.25, 0.3) is 10.9 Å². The highest BCUT2D eigenvalue weighted by Gasteiger charge is 2.36. The Kier molecular flexibility index (Phi) is 4.70. The molecule has 2 rings (SSSR count). The van der Waals surface area contributed by atoms with Gasteiger partial charge >= 0.3 is 5.97 Å². The summed E-state index contributed by atoms with van der Waals surface area (Å²) >= 11 is 4.77. The van der Waals surface area contributed by atoms with E-state index in [1.54, 1.807) is 0 Å². The molecule has 5 heteroatoms. The SMILES string of the molecule is CCC(CC)(Sc1ccc2cc(Br)ccc2n1)C(=O)O. The molecule has 0 saturated heterocycles. The van der Waals surface area contributed by atoms with Gasteiger partial charge in [-0.2, -0.15) is 0 Å². The van der Waals surface area contributed by atoms with Crippen molar-refractivity contribution >= 4 is 44.6 Å². The molecule has 20 heavy (non-hydrogen) atoms. The molecule has 106 valence electrons. The van der Waals surface area contributed by atoms with Crippen LogP contribution in [0.15, 0.2) is 39.8 Å². The topological polar surface area (TPSA) is 50.2 Å². The lowest BCUT2D eigenvalue weighted by molar-refractivity contribution is -0.140. The number of carbonyl (C=O) groups is 1. The van der Waals surface area contributed by atoms with E-state index in [0.717, 1.165) is 20.4 Å². The molecule has 2 aromatic rings. The zero-order valence-electron chi connectivity index (χ0n) is 11.4. The third-order valence-corrected chi connectivity index (χ3v) is 5.53. The van der Waals surface area contributed by atoms with Gasteiger partial charge in [-0.3, -0.25) is 4.79 Å². The van der Waals surface area contributed by atoms with Crippen LogP contribution in [0.4, 0.5) is 0 Å². The van der Waals surface area contributed by atoms with Crippen LogP contribution in [0.3, 0.4) is 0 Å². The normalized spacial score (nSPS) is 11.8. The molecule has 1 aromatic carbocycles. The molecule has 1 N–H and O–H groups in total. The third kappa shape index (κ3) is 2.99. The maximum absolute atomic E-state index is 11.5. The van der Waals surface area contributed by atoms with Gasteiger partial charge in [-0.15, -0.1) is 0 Å². The average Bonchev–Trinajstić information content (AvgIpc) is 2.44. The lowest BCUT2D eigenvalue weighted by atomic mass is 10.0. The first-order chi connectivity index (χ1) is 9.50. The highest BCUT2D eigenvalue weighted by Crippen LogP contribution is 2.38. The standard InChI is InChI=1S/C15H16BrNO2S/c1-3-15(4-2,14(18)19)20-13-8-5-10-9-11(16)6-7-12(10)17-13/h5-9H,3-4H2,1-2H3,(H,18,19). The van der Waals surface area contributed by atoms with Gasteiger partial charge < -0.3 is 5.11 Å². The van der Waals surface area contributed by atoms with E-state index in [2.05, 4.69) is 20.9 Å². The first-order valence-electron chi connectivity index (χ1n) is 6.49. The maximum Gasteiger partial charge on any atom is 0.320 e.